The first-order valence-corrected chi connectivity index (χ1v) is 9.88. The summed E-state index contributed by atoms with van der Waals surface area (Å²) < 4.78 is 6.16. The summed E-state index contributed by atoms with van der Waals surface area (Å²) >= 11 is 3.50. The Morgan fingerprint density at radius 1 is 1.11 bits per heavy atom. The summed E-state index contributed by atoms with van der Waals surface area (Å²) in [6.07, 6.45) is 3.68. The monoisotopic (exact) mass is 437 g/mol. The Kier molecular flexibility index (Phi) is 5.13. The van der Waals surface area contributed by atoms with Gasteiger partial charge in [-0.3, -0.25) is 4.79 Å². The van der Waals surface area contributed by atoms with E-state index in [1.54, 1.807) is 13.3 Å². The van der Waals surface area contributed by atoms with E-state index in [1.807, 2.05) is 65.7 Å². The first kappa shape index (κ1) is 18.6. The van der Waals surface area contributed by atoms with Crippen LogP contribution in [0.25, 0.3) is 0 Å². The molecule has 0 radical (unpaired) electrons. The lowest BCUT2D eigenvalue weighted by Crippen LogP contribution is -2.46. The molecule has 0 aliphatic carbocycles. The summed E-state index contributed by atoms with van der Waals surface area (Å²) in [5.74, 6) is 1.32. The molecule has 0 spiro atoms. The smallest absolute Gasteiger partial charge is 0.226 e. The van der Waals surface area contributed by atoms with E-state index >= 15 is 0 Å². The van der Waals surface area contributed by atoms with Crippen LogP contribution in [0.15, 0.2) is 75.3 Å². The second kappa shape index (κ2) is 7.72. The molecule has 6 heteroatoms. The Hall–Kier alpha value is -2.73. The van der Waals surface area contributed by atoms with Crippen molar-refractivity contribution >= 4 is 33.9 Å². The number of halogens is 1. The molecule has 2 heterocycles. The first-order valence-electron chi connectivity index (χ1n) is 9.09. The molecule has 0 bridgehead atoms. The summed E-state index contributed by atoms with van der Waals surface area (Å²) in [4.78, 5) is 24.4. The van der Waals surface area contributed by atoms with Crippen molar-refractivity contribution in [3.63, 3.8) is 0 Å². The molecule has 3 unspecified atom stereocenters. The Bertz CT molecular complexity index is 967. The summed E-state index contributed by atoms with van der Waals surface area (Å²) in [6.45, 7) is 2.07. The molecule has 0 N–H and O–H groups in total. The maximum Gasteiger partial charge on any atom is 0.226 e. The number of rotatable bonds is 4. The standard InChI is InChI=1S/C22H20BrN3O2/c1-14-19(21(27)16-6-4-3-5-7-16)25-22-24-12-17(23)13-26(22)20(14)15-8-10-18(28-2)11-9-15/h3-14,19-20H,1-2H3. The van der Waals surface area contributed by atoms with Crippen molar-refractivity contribution in [2.45, 2.75) is 19.0 Å². The molecule has 0 aromatic heterocycles. The van der Waals surface area contributed by atoms with Crippen molar-refractivity contribution in [2.24, 2.45) is 15.9 Å². The lowest BCUT2D eigenvalue weighted by atomic mass is 9.83. The van der Waals surface area contributed by atoms with Crippen LogP contribution < -0.4 is 4.74 Å². The fourth-order valence-electron chi connectivity index (χ4n) is 3.72. The van der Waals surface area contributed by atoms with Gasteiger partial charge < -0.3 is 9.64 Å². The number of ether oxygens (including phenoxy) is 1. The number of nitrogens with zero attached hydrogens (tertiary/aromatic N) is 3. The van der Waals surface area contributed by atoms with Crippen LogP contribution in [0.2, 0.25) is 0 Å². The lowest BCUT2D eigenvalue weighted by molar-refractivity contribution is 0.0897. The van der Waals surface area contributed by atoms with Gasteiger partial charge in [-0.15, -0.1) is 0 Å². The van der Waals surface area contributed by atoms with E-state index in [9.17, 15) is 4.79 Å². The molecule has 0 saturated heterocycles. The molecule has 0 amide bonds. The fraction of sp³-hybridized carbons (Fsp3) is 0.227. The molecule has 2 aliphatic heterocycles. The van der Waals surface area contributed by atoms with E-state index < -0.39 is 6.04 Å². The molecule has 5 nitrogen and oxygen atoms in total. The van der Waals surface area contributed by atoms with E-state index in [1.165, 1.54) is 0 Å². The minimum Gasteiger partial charge on any atom is -0.497 e. The molecular formula is C22H20BrN3O2. The van der Waals surface area contributed by atoms with Crippen LogP contribution in [-0.2, 0) is 0 Å². The predicted octanol–water partition coefficient (Wildman–Crippen LogP) is 4.62. The first-order chi connectivity index (χ1) is 13.6. The van der Waals surface area contributed by atoms with Crippen LogP contribution in [0.4, 0.5) is 0 Å². The highest BCUT2D eigenvalue weighted by molar-refractivity contribution is 9.12. The summed E-state index contributed by atoms with van der Waals surface area (Å²) in [6, 6.07) is 16.7. The Morgan fingerprint density at radius 2 is 1.82 bits per heavy atom. The van der Waals surface area contributed by atoms with Crippen LogP contribution in [-0.4, -0.2) is 36.0 Å². The minimum atomic E-state index is -0.497. The highest BCUT2D eigenvalue weighted by Gasteiger charge is 2.41. The SMILES string of the molecule is COc1ccc(C2C(C)C(C(=O)c3ccccc3)N=C3N=CC(Br)=CN32)cc1. The number of benzene rings is 2. The number of Topliss-reactive ketones (excluding diaryl/α,β-unsaturated/α-hetero) is 1. The second-order valence-electron chi connectivity index (χ2n) is 6.86. The molecule has 3 atom stereocenters. The molecule has 28 heavy (non-hydrogen) atoms. The number of hydrogen-bond acceptors (Lipinski definition) is 5. The third-order valence-corrected chi connectivity index (χ3v) is 5.54. The van der Waals surface area contributed by atoms with Crippen molar-refractivity contribution in [3.8, 4) is 5.75 Å². The van der Waals surface area contributed by atoms with Gasteiger partial charge in [0.25, 0.3) is 0 Å². The summed E-state index contributed by atoms with van der Waals surface area (Å²) in [5, 5.41) is 0. The highest BCUT2D eigenvalue weighted by Crippen LogP contribution is 2.39. The van der Waals surface area contributed by atoms with Crippen LogP contribution in [0.1, 0.15) is 28.9 Å². The maximum absolute atomic E-state index is 13.2. The molecule has 0 fully saturated rings. The van der Waals surface area contributed by atoms with E-state index in [0.29, 0.717) is 11.5 Å². The Balaban J connectivity index is 1.77. The van der Waals surface area contributed by atoms with Gasteiger partial charge in [-0.2, -0.15) is 0 Å². The van der Waals surface area contributed by atoms with Crippen LogP contribution >= 0.6 is 15.9 Å². The number of aliphatic imine (C=N–C) groups is 2. The van der Waals surface area contributed by atoms with Gasteiger partial charge in [0.15, 0.2) is 5.78 Å². The predicted molar refractivity (Wildman–Crippen MR) is 114 cm³/mol. The van der Waals surface area contributed by atoms with E-state index in [4.69, 9.17) is 9.73 Å². The Labute approximate surface area is 172 Å². The summed E-state index contributed by atoms with van der Waals surface area (Å²) in [5.41, 5.74) is 1.75. The number of carbonyl (C=O) groups is 1. The summed E-state index contributed by atoms with van der Waals surface area (Å²) in [7, 11) is 1.65. The topological polar surface area (TPSA) is 54.3 Å². The molecular weight excluding hydrogens is 418 g/mol. The van der Waals surface area contributed by atoms with Gasteiger partial charge >= 0.3 is 0 Å². The molecule has 4 rings (SSSR count). The van der Waals surface area contributed by atoms with Crippen molar-refractivity contribution in [1.82, 2.24) is 4.90 Å². The van der Waals surface area contributed by atoms with Gasteiger partial charge in [-0.1, -0.05) is 49.4 Å². The molecule has 0 saturated carbocycles. The number of allylic oxidation sites excluding steroid dienone is 1. The number of guanidine groups is 1. The lowest BCUT2D eigenvalue weighted by Gasteiger charge is -2.41. The fourth-order valence-corrected chi connectivity index (χ4v) is 4.04. The number of ketones is 1. The van der Waals surface area contributed by atoms with Gasteiger partial charge in [0.05, 0.1) is 17.6 Å². The van der Waals surface area contributed by atoms with E-state index in [2.05, 4.69) is 27.8 Å². The number of hydrogen-bond donors (Lipinski definition) is 0. The molecule has 2 aliphatic rings. The largest absolute Gasteiger partial charge is 0.497 e. The van der Waals surface area contributed by atoms with Gasteiger partial charge in [0.2, 0.25) is 5.96 Å². The third-order valence-electron chi connectivity index (χ3n) is 5.13. The minimum absolute atomic E-state index is 0.0163. The van der Waals surface area contributed by atoms with Crippen molar-refractivity contribution < 1.29 is 9.53 Å². The van der Waals surface area contributed by atoms with Gasteiger partial charge in [0, 0.05) is 23.9 Å². The quantitative estimate of drug-likeness (QED) is 0.655. The van der Waals surface area contributed by atoms with E-state index in [0.717, 1.165) is 15.8 Å². The van der Waals surface area contributed by atoms with Crippen LogP contribution in [0.3, 0.4) is 0 Å². The molecule has 2 aromatic carbocycles. The highest BCUT2D eigenvalue weighted by atomic mass is 79.9. The average molecular weight is 438 g/mol. The van der Waals surface area contributed by atoms with Crippen LogP contribution in [0, 0.1) is 5.92 Å². The Morgan fingerprint density at radius 3 is 2.50 bits per heavy atom. The van der Waals surface area contributed by atoms with Gasteiger partial charge in [0.1, 0.15) is 11.8 Å². The van der Waals surface area contributed by atoms with Crippen molar-refractivity contribution in [1.29, 1.82) is 0 Å². The zero-order valence-electron chi connectivity index (χ0n) is 15.6. The zero-order chi connectivity index (χ0) is 19.7. The molecule has 142 valence electrons. The number of carbonyl (C=O) groups excluding carboxylic acids is 1. The normalized spacial score (nSPS) is 23.5. The number of fused-ring (bicyclic) bond motifs is 1. The average Bonchev–Trinajstić information content (AvgIpc) is 2.74. The van der Waals surface area contributed by atoms with Crippen molar-refractivity contribution in [2.75, 3.05) is 7.11 Å². The second-order valence-corrected chi connectivity index (χ2v) is 7.78. The zero-order valence-corrected chi connectivity index (χ0v) is 17.2. The van der Waals surface area contributed by atoms with Gasteiger partial charge in [-0.05, 0) is 33.6 Å². The van der Waals surface area contributed by atoms with Gasteiger partial charge in [-0.25, -0.2) is 9.98 Å². The van der Waals surface area contributed by atoms with E-state index in [-0.39, 0.29) is 17.7 Å². The number of methoxy groups -OCH3 is 1. The molecule has 2 aromatic rings. The maximum atomic E-state index is 13.2. The van der Waals surface area contributed by atoms with Crippen LogP contribution in [0.5, 0.6) is 5.75 Å². The van der Waals surface area contributed by atoms with Crippen molar-refractivity contribution in [3.05, 3.63) is 76.4 Å². The third kappa shape index (κ3) is 3.40.